The van der Waals surface area contributed by atoms with E-state index in [0.29, 0.717) is 0 Å². The first-order valence-electron chi connectivity index (χ1n) is 6.27. The Hall–Kier alpha value is -1.42. The molecule has 4 nitrogen and oxygen atoms in total. The summed E-state index contributed by atoms with van der Waals surface area (Å²) in [5.41, 5.74) is 1.57. The summed E-state index contributed by atoms with van der Waals surface area (Å²) in [6.07, 6.45) is 5.13. The molecule has 1 N–H and O–H groups in total. The Morgan fingerprint density at radius 2 is 2.47 bits per heavy atom. The highest BCUT2D eigenvalue weighted by Gasteiger charge is 2.37. The Morgan fingerprint density at radius 3 is 3.18 bits per heavy atom. The Balaban J connectivity index is 2.05. The van der Waals surface area contributed by atoms with Gasteiger partial charge < -0.3 is 9.73 Å². The van der Waals surface area contributed by atoms with Crippen LogP contribution < -0.4 is 5.32 Å². The van der Waals surface area contributed by atoms with E-state index in [2.05, 4.69) is 22.2 Å². The summed E-state index contributed by atoms with van der Waals surface area (Å²) in [4.78, 5) is 8.80. The lowest BCUT2D eigenvalue weighted by molar-refractivity contribution is 0.249. The Labute approximate surface area is 100 Å². The van der Waals surface area contributed by atoms with Crippen LogP contribution >= 0.6 is 0 Å². The van der Waals surface area contributed by atoms with Crippen molar-refractivity contribution in [2.24, 2.45) is 0 Å². The molecule has 3 rings (SSSR count). The summed E-state index contributed by atoms with van der Waals surface area (Å²) in [5, 5.41) is 3.45. The van der Waals surface area contributed by atoms with Gasteiger partial charge in [-0.25, -0.2) is 4.98 Å². The van der Waals surface area contributed by atoms with Crippen LogP contribution in [0.15, 0.2) is 22.7 Å². The van der Waals surface area contributed by atoms with Crippen LogP contribution in [-0.4, -0.2) is 23.1 Å². The van der Waals surface area contributed by atoms with Crippen molar-refractivity contribution in [3.05, 3.63) is 24.2 Å². The minimum Gasteiger partial charge on any atom is -0.438 e. The third kappa shape index (κ3) is 1.72. The first-order valence-corrected chi connectivity index (χ1v) is 6.27. The highest BCUT2D eigenvalue weighted by molar-refractivity contribution is 5.67. The van der Waals surface area contributed by atoms with Crippen molar-refractivity contribution in [2.75, 3.05) is 13.1 Å². The van der Waals surface area contributed by atoms with Crippen LogP contribution in [-0.2, 0) is 5.41 Å². The van der Waals surface area contributed by atoms with E-state index in [1.807, 2.05) is 12.1 Å². The minimum atomic E-state index is 0.0545. The molecule has 0 bridgehead atoms. The lowest BCUT2D eigenvalue weighted by Crippen LogP contribution is -2.43. The monoisotopic (exact) mass is 231 g/mol. The predicted molar refractivity (Wildman–Crippen MR) is 65.9 cm³/mol. The largest absolute Gasteiger partial charge is 0.438 e. The molecule has 2 aromatic heterocycles. The third-order valence-corrected chi connectivity index (χ3v) is 3.77. The topological polar surface area (TPSA) is 51.0 Å². The first-order chi connectivity index (χ1) is 8.34. The molecule has 4 heteroatoms. The normalized spacial score (nSPS) is 25.2. The van der Waals surface area contributed by atoms with E-state index in [-0.39, 0.29) is 5.41 Å². The molecule has 2 aromatic rings. The fourth-order valence-electron chi connectivity index (χ4n) is 2.60. The molecule has 90 valence electrons. The maximum atomic E-state index is 5.89. The summed E-state index contributed by atoms with van der Waals surface area (Å²) in [6.45, 7) is 4.26. The molecule has 0 aromatic carbocycles. The Kier molecular flexibility index (Phi) is 2.59. The third-order valence-electron chi connectivity index (χ3n) is 3.77. The number of piperidine rings is 1. The second kappa shape index (κ2) is 4.11. The zero-order chi connectivity index (χ0) is 11.7. The van der Waals surface area contributed by atoms with Gasteiger partial charge in [0.2, 0.25) is 5.89 Å². The second-order valence-electron chi connectivity index (χ2n) is 4.76. The van der Waals surface area contributed by atoms with Gasteiger partial charge in [-0.2, -0.15) is 4.98 Å². The number of hydrogen-bond donors (Lipinski definition) is 1. The number of fused-ring (bicyclic) bond motifs is 1. The van der Waals surface area contributed by atoms with E-state index in [4.69, 9.17) is 4.42 Å². The fraction of sp³-hybridized carbons (Fsp3) is 0.538. The van der Waals surface area contributed by atoms with Gasteiger partial charge in [0.1, 0.15) is 0 Å². The van der Waals surface area contributed by atoms with Gasteiger partial charge in [0.15, 0.2) is 11.2 Å². The van der Waals surface area contributed by atoms with E-state index < -0.39 is 0 Å². The fourth-order valence-corrected chi connectivity index (χ4v) is 2.60. The van der Waals surface area contributed by atoms with Crippen LogP contribution in [0, 0.1) is 0 Å². The first kappa shape index (κ1) is 10.7. The number of pyridine rings is 1. The smallest absolute Gasteiger partial charge is 0.204 e. The van der Waals surface area contributed by atoms with Gasteiger partial charge in [-0.1, -0.05) is 6.92 Å². The maximum Gasteiger partial charge on any atom is 0.204 e. The molecular formula is C13H17N3O. The second-order valence-corrected chi connectivity index (χ2v) is 4.76. The van der Waals surface area contributed by atoms with Gasteiger partial charge in [-0.3, -0.25) is 0 Å². The van der Waals surface area contributed by atoms with E-state index in [1.165, 1.54) is 6.42 Å². The molecule has 1 aliphatic heterocycles. The zero-order valence-corrected chi connectivity index (χ0v) is 10.1. The van der Waals surface area contributed by atoms with Gasteiger partial charge in [-0.15, -0.1) is 0 Å². The number of nitrogens with one attached hydrogen (secondary N) is 1. The maximum absolute atomic E-state index is 5.89. The van der Waals surface area contributed by atoms with Crippen molar-refractivity contribution in [1.29, 1.82) is 0 Å². The molecule has 0 saturated carbocycles. The number of rotatable bonds is 2. The van der Waals surface area contributed by atoms with Crippen molar-refractivity contribution in [2.45, 2.75) is 31.6 Å². The molecule has 3 heterocycles. The molecule has 0 radical (unpaired) electrons. The molecule has 0 amide bonds. The number of oxazole rings is 1. The Bertz CT molecular complexity index is 481. The van der Waals surface area contributed by atoms with Crippen LogP contribution in [0.5, 0.6) is 0 Å². The number of hydrogen-bond acceptors (Lipinski definition) is 4. The molecule has 17 heavy (non-hydrogen) atoms. The van der Waals surface area contributed by atoms with Crippen LogP contribution in [0.4, 0.5) is 0 Å². The summed E-state index contributed by atoms with van der Waals surface area (Å²) in [6, 6.07) is 3.81. The lowest BCUT2D eigenvalue weighted by atomic mass is 9.78. The average Bonchev–Trinajstić information content (AvgIpc) is 2.84. The SMILES string of the molecule is CCC1(c2nc3ncccc3o2)CCCNC1. The zero-order valence-electron chi connectivity index (χ0n) is 10.1. The average molecular weight is 231 g/mol. The summed E-state index contributed by atoms with van der Waals surface area (Å²) in [5.74, 6) is 0.848. The highest BCUT2D eigenvalue weighted by atomic mass is 16.3. The van der Waals surface area contributed by atoms with Crippen molar-refractivity contribution in [1.82, 2.24) is 15.3 Å². The van der Waals surface area contributed by atoms with E-state index in [9.17, 15) is 0 Å². The summed E-state index contributed by atoms with van der Waals surface area (Å²) >= 11 is 0. The number of aromatic nitrogens is 2. The lowest BCUT2D eigenvalue weighted by Gasteiger charge is -2.33. The van der Waals surface area contributed by atoms with E-state index >= 15 is 0 Å². The van der Waals surface area contributed by atoms with Crippen LogP contribution in [0.3, 0.4) is 0 Å². The van der Waals surface area contributed by atoms with E-state index in [0.717, 1.165) is 43.1 Å². The van der Waals surface area contributed by atoms with Gasteiger partial charge in [-0.05, 0) is 37.9 Å². The molecule has 0 aliphatic carbocycles. The molecule has 1 atom stereocenters. The van der Waals surface area contributed by atoms with Crippen LogP contribution in [0.25, 0.3) is 11.2 Å². The molecule has 1 fully saturated rings. The van der Waals surface area contributed by atoms with Gasteiger partial charge >= 0.3 is 0 Å². The molecule has 1 unspecified atom stereocenters. The Morgan fingerprint density at radius 1 is 1.53 bits per heavy atom. The molecular weight excluding hydrogens is 214 g/mol. The molecule has 1 aliphatic rings. The van der Waals surface area contributed by atoms with Gasteiger partial charge in [0, 0.05) is 12.7 Å². The van der Waals surface area contributed by atoms with Crippen molar-refractivity contribution in [3.63, 3.8) is 0 Å². The molecule has 0 spiro atoms. The van der Waals surface area contributed by atoms with Gasteiger partial charge in [0.25, 0.3) is 0 Å². The predicted octanol–water partition coefficient (Wildman–Crippen LogP) is 2.25. The quantitative estimate of drug-likeness (QED) is 0.861. The number of nitrogens with zero attached hydrogens (tertiary/aromatic N) is 2. The highest BCUT2D eigenvalue weighted by Crippen LogP contribution is 2.35. The molecule has 1 saturated heterocycles. The van der Waals surface area contributed by atoms with E-state index in [1.54, 1.807) is 6.20 Å². The summed E-state index contributed by atoms with van der Waals surface area (Å²) < 4.78 is 5.89. The van der Waals surface area contributed by atoms with Crippen molar-refractivity contribution in [3.8, 4) is 0 Å². The van der Waals surface area contributed by atoms with Gasteiger partial charge in [0.05, 0.1) is 5.41 Å². The van der Waals surface area contributed by atoms with Crippen LogP contribution in [0.2, 0.25) is 0 Å². The minimum absolute atomic E-state index is 0.0545. The van der Waals surface area contributed by atoms with Crippen LogP contribution in [0.1, 0.15) is 32.1 Å². The van der Waals surface area contributed by atoms with Crippen molar-refractivity contribution >= 4 is 11.2 Å². The standard InChI is InChI=1S/C13H17N3O/c1-2-13(6-4-7-14-9-13)12-16-11-10(17-12)5-3-8-15-11/h3,5,8,14H,2,4,6-7,9H2,1H3. The van der Waals surface area contributed by atoms with Crippen molar-refractivity contribution < 1.29 is 4.42 Å². The summed E-state index contributed by atoms with van der Waals surface area (Å²) in [7, 11) is 0.